The number of hydrogen-bond donors (Lipinski definition) is 4. The van der Waals surface area contributed by atoms with Gasteiger partial charge in [0.2, 0.25) is 11.8 Å². The highest BCUT2D eigenvalue weighted by Gasteiger charge is 2.19. The molecule has 0 unspecified atom stereocenters. The molecule has 2 aromatic carbocycles. The molecule has 1 atom stereocenters. The third-order valence-corrected chi connectivity index (χ3v) is 3.78. The van der Waals surface area contributed by atoms with E-state index in [1.165, 1.54) is 6.92 Å². The lowest BCUT2D eigenvalue weighted by atomic mass is 10.0. The Labute approximate surface area is 147 Å². The van der Waals surface area contributed by atoms with E-state index in [1.807, 2.05) is 31.3 Å². The van der Waals surface area contributed by atoms with Gasteiger partial charge in [0.05, 0.1) is 0 Å². The topological polar surface area (TPSA) is 90.5 Å². The summed E-state index contributed by atoms with van der Waals surface area (Å²) in [4.78, 5) is 23.9. The van der Waals surface area contributed by atoms with Crippen LogP contribution >= 0.6 is 0 Å². The monoisotopic (exact) mass is 341 g/mol. The number of anilines is 1. The van der Waals surface area contributed by atoms with Crippen LogP contribution in [0, 0.1) is 0 Å². The fourth-order valence-corrected chi connectivity index (χ4v) is 2.42. The molecule has 0 aliphatic carbocycles. The van der Waals surface area contributed by atoms with Gasteiger partial charge in [-0.05, 0) is 35.4 Å². The van der Waals surface area contributed by atoms with Crippen LogP contribution in [-0.2, 0) is 22.6 Å². The second kappa shape index (κ2) is 8.73. The quantitative estimate of drug-likeness (QED) is 0.618. The predicted octanol–water partition coefficient (Wildman–Crippen LogP) is 1.80. The molecule has 0 bridgehead atoms. The minimum absolute atomic E-state index is 0.161. The summed E-state index contributed by atoms with van der Waals surface area (Å²) >= 11 is 0. The van der Waals surface area contributed by atoms with Crippen molar-refractivity contribution in [3.63, 3.8) is 0 Å². The fraction of sp³-hybridized carbons (Fsp3) is 0.263. The van der Waals surface area contributed by atoms with Crippen LogP contribution < -0.4 is 16.0 Å². The maximum Gasteiger partial charge on any atom is 0.243 e. The number of nitrogens with one attached hydrogen (secondary N) is 3. The standard InChI is InChI=1S/C19H23N3O3/c1-13(23)22-18(11-14-5-9-17(24)10-6-14)19(25)21-12-15-3-7-16(20-2)8-4-15/h3-10,18,20,24H,11-12H2,1-2H3,(H,21,25)(H,22,23)/t18-/m0/s1. The lowest BCUT2D eigenvalue weighted by molar-refractivity contribution is -0.128. The Morgan fingerprint density at radius 2 is 1.60 bits per heavy atom. The van der Waals surface area contributed by atoms with Gasteiger partial charge in [-0.15, -0.1) is 0 Å². The molecule has 0 spiro atoms. The van der Waals surface area contributed by atoms with Crippen LogP contribution in [-0.4, -0.2) is 30.0 Å². The van der Waals surface area contributed by atoms with Gasteiger partial charge in [0, 0.05) is 32.6 Å². The first-order valence-electron chi connectivity index (χ1n) is 8.07. The zero-order valence-electron chi connectivity index (χ0n) is 14.4. The van der Waals surface area contributed by atoms with Gasteiger partial charge in [0.15, 0.2) is 0 Å². The second-order valence-electron chi connectivity index (χ2n) is 5.79. The van der Waals surface area contributed by atoms with E-state index in [1.54, 1.807) is 24.3 Å². The first-order chi connectivity index (χ1) is 12.0. The van der Waals surface area contributed by atoms with Crippen molar-refractivity contribution < 1.29 is 14.7 Å². The Bertz CT molecular complexity index is 712. The SMILES string of the molecule is CNc1ccc(CNC(=O)[C@H](Cc2ccc(O)cc2)NC(C)=O)cc1. The largest absolute Gasteiger partial charge is 0.508 e. The summed E-state index contributed by atoms with van der Waals surface area (Å²) < 4.78 is 0. The molecule has 2 amide bonds. The van der Waals surface area contributed by atoms with E-state index in [0.29, 0.717) is 13.0 Å². The van der Waals surface area contributed by atoms with Crippen LogP contribution in [0.5, 0.6) is 5.75 Å². The summed E-state index contributed by atoms with van der Waals surface area (Å²) in [5.74, 6) is -0.354. The van der Waals surface area contributed by atoms with E-state index in [-0.39, 0.29) is 17.6 Å². The van der Waals surface area contributed by atoms with Gasteiger partial charge in [-0.25, -0.2) is 0 Å². The summed E-state index contributed by atoms with van der Waals surface area (Å²) in [6, 6.07) is 13.6. The van der Waals surface area contributed by atoms with Gasteiger partial charge in [0.1, 0.15) is 11.8 Å². The highest BCUT2D eigenvalue weighted by molar-refractivity contribution is 5.87. The molecule has 0 fully saturated rings. The number of amides is 2. The number of phenols is 1. The zero-order valence-corrected chi connectivity index (χ0v) is 14.4. The van der Waals surface area contributed by atoms with Crippen molar-refractivity contribution in [3.8, 4) is 5.75 Å². The van der Waals surface area contributed by atoms with Crippen LogP contribution in [0.25, 0.3) is 0 Å². The summed E-state index contributed by atoms with van der Waals surface area (Å²) in [6.45, 7) is 1.77. The van der Waals surface area contributed by atoms with E-state index in [0.717, 1.165) is 16.8 Å². The molecular formula is C19H23N3O3. The fourth-order valence-electron chi connectivity index (χ4n) is 2.42. The number of hydrogen-bond acceptors (Lipinski definition) is 4. The first kappa shape index (κ1) is 18.3. The number of benzene rings is 2. The highest BCUT2D eigenvalue weighted by atomic mass is 16.3. The van der Waals surface area contributed by atoms with E-state index >= 15 is 0 Å². The van der Waals surface area contributed by atoms with Crippen molar-refractivity contribution in [2.45, 2.75) is 25.9 Å². The molecule has 6 heteroatoms. The molecule has 0 aliphatic rings. The van der Waals surface area contributed by atoms with E-state index in [2.05, 4.69) is 16.0 Å². The molecule has 0 radical (unpaired) electrons. The van der Waals surface area contributed by atoms with E-state index in [9.17, 15) is 14.7 Å². The third-order valence-electron chi connectivity index (χ3n) is 3.78. The summed E-state index contributed by atoms with van der Waals surface area (Å²) in [5.41, 5.74) is 2.82. The van der Waals surface area contributed by atoms with Crippen molar-refractivity contribution in [2.75, 3.05) is 12.4 Å². The van der Waals surface area contributed by atoms with Gasteiger partial charge in [-0.3, -0.25) is 9.59 Å². The Balaban J connectivity index is 1.99. The number of carbonyl (C=O) groups is 2. The van der Waals surface area contributed by atoms with E-state index in [4.69, 9.17) is 0 Å². The molecular weight excluding hydrogens is 318 g/mol. The minimum atomic E-state index is -0.668. The third kappa shape index (κ3) is 5.84. The minimum Gasteiger partial charge on any atom is -0.508 e. The molecule has 0 aliphatic heterocycles. The molecule has 0 saturated carbocycles. The molecule has 25 heavy (non-hydrogen) atoms. The maximum atomic E-state index is 12.5. The normalized spacial score (nSPS) is 11.4. The molecule has 0 heterocycles. The lowest BCUT2D eigenvalue weighted by Gasteiger charge is -2.18. The zero-order chi connectivity index (χ0) is 18.2. The average molecular weight is 341 g/mol. The number of aromatic hydroxyl groups is 1. The lowest BCUT2D eigenvalue weighted by Crippen LogP contribution is -2.47. The highest BCUT2D eigenvalue weighted by Crippen LogP contribution is 2.12. The molecule has 132 valence electrons. The Morgan fingerprint density at radius 1 is 1.00 bits per heavy atom. The second-order valence-corrected chi connectivity index (χ2v) is 5.79. The van der Waals surface area contributed by atoms with Crippen LogP contribution in [0.1, 0.15) is 18.1 Å². The van der Waals surface area contributed by atoms with Crippen LogP contribution in [0.3, 0.4) is 0 Å². The van der Waals surface area contributed by atoms with Crippen LogP contribution in [0.4, 0.5) is 5.69 Å². The van der Waals surface area contributed by atoms with Crippen molar-refractivity contribution >= 4 is 17.5 Å². The van der Waals surface area contributed by atoms with Gasteiger partial charge in [-0.1, -0.05) is 24.3 Å². The van der Waals surface area contributed by atoms with Gasteiger partial charge in [-0.2, -0.15) is 0 Å². The summed E-state index contributed by atoms with van der Waals surface area (Å²) in [7, 11) is 1.85. The van der Waals surface area contributed by atoms with Gasteiger partial charge < -0.3 is 21.1 Å². The summed E-state index contributed by atoms with van der Waals surface area (Å²) in [5, 5.41) is 17.9. The maximum absolute atomic E-state index is 12.5. The number of phenolic OH excluding ortho intramolecular Hbond substituents is 1. The van der Waals surface area contributed by atoms with Gasteiger partial charge in [0.25, 0.3) is 0 Å². The van der Waals surface area contributed by atoms with Crippen molar-refractivity contribution in [1.82, 2.24) is 10.6 Å². The number of rotatable bonds is 7. The average Bonchev–Trinajstić information content (AvgIpc) is 2.61. The van der Waals surface area contributed by atoms with Crippen LogP contribution in [0.2, 0.25) is 0 Å². The van der Waals surface area contributed by atoms with Crippen molar-refractivity contribution in [2.24, 2.45) is 0 Å². The Morgan fingerprint density at radius 3 is 2.16 bits per heavy atom. The van der Waals surface area contributed by atoms with Crippen molar-refractivity contribution in [1.29, 1.82) is 0 Å². The molecule has 2 aromatic rings. The van der Waals surface area contributed by atoms with Crippen molar-refractivity contribution in [3.05, 3.63) is 59.7 Å². The summed E-state index contributed by atoms with van der Waals surface area (Å²) in [6.07, 6.45) is 0.352. The number of carbonyl (C=O) groups excluding carboxylic acids is 2. The Kier molecular flexibility index (Phi) is 6.39. The molecule has 6 nitrogen and oxygen atoms in total. The molecule has 0 aromatic heterocycles. The predicted molar refractivity (Wildman–Crippen MR) is 97.3 cm³/mol. The molecule has 2 rings (SSSR count). The van der Waals surface area contributed by atoms with Crippen LogP contribution in [0.15, 0.2) is 48.5 Å². The molecule has 4 N–H and O–H groups in total. The van der Waals surface area contributed by atoms with Gasteiger partial charge >= 0.3 is 0 Å². The van der Waals surface area contributed by atoms with E-state index < -0.39 is 6.04 Å². The first-order valence-corrected chi connectivity index (χ1v) is 8.07. The smallest absolute Gasteiger partial charge is 0.243 e. The Hall–Kier alpha value is -3.02. The molecule has 0 saturated heterocycles.